The first kappa shape index (κ1) is 11.9. The summed E-state index contributed by atoms with van der Waals surface area (Å²) >= 11 is 0. The molecule has 0 saturated carbocycles. The first-order valence-electron chi connectivity index (χ1n) is 6.66. The molecule has 2 heterocycles. The van der Waals surface area contributed by atoms with E-state index in [1.165, 1.54) is 10.9 Å². The Labute approximate surface area is 113 Å². The Morgan fingerprint density at radius 3 is 3.00 bits per heavy atom. The number of benzene rings is 1. The molecule has 0 spiro atoms. The first-order chi connectivity index (χ1) is 9.40. The smallest absolute Gasteiger partial charge is 0.0933 e. The summed E-state index contributed by atoms with van der Waals surface area (Å²) < 4.78 is 0. The number of fused-ring (bicyclic) bond motifs is 1. The summed E-state index contributed by atoms with van der Waals surface area (Å²) in [5.41, 5.74) is 3.26. The standard InChI is InChI=1S/C16H17N3/c1-2-7-15-16(14-10-5-6-11-17-14)12-8-3-4-9-13(12)18-19-15/h2-4,6,8-9,11,14,17H,1,5,7,10H2. The molecule has 1 N–H and O–H groups in total. The van der Waals surface area contributed by atoms with Crippen molar-refractivity contribution in [2.75, 3.05) is 0 Å². The lowest BCUT2D eigenvalue weighted by Gasteiger charge is -2.23. The van der Waals surface area contributed by atoms with Gasteiger partial charge in [-0.25, -0.2) is 0 Å². The van der Waals surface area contributed by atoms with E-state index in [2.05, 4.69) is 40.3 Å². The van der Waals surface area contributed by atoms with Crippen LogP contribution in [0.1, 0.15) is 30.1 Å². The zero-order valence-electron chi connectivity index (χ0n) is 10.8. The van der Waals surface area contributed by atoms with E-state index in [1.54, 1.807) is 0 Å². The molecule has 1 aromatic carbocycles. The number of aromatic nitrogens is 2. The highest BCUT2D eigenvalue weighted by Gasteiger charge is 2.19. The van der Waals surface area contributed by atoms with Gasteiger partial charge in [0.2, 0.25) is 0 Å². The maximum Gasteiger partial charge on any atom is 0.0933 e. The molecular weight excluding hydrogens is 234 g/mol. The van der Waals surface area contributed by atoms with Gasteiger partial charge >= 0.3 is 0 Å². The molecule has 0 bridgehead atoms. The van der Waals surface area contributed by atoms with Crippen LogP contribution >= 0.6 is 0 Å². The minimum Gasteiger partial charge on any atom is -0.384 e. The van der Waals surface area contributed by atoms with Crippen molar-refractivity contribution in [1.29, 1.82) is 0 Å². The molecule has 0 fully saturated rings. The van der Waals surface area contributed by atoms with Crippen molar-refractivity contribution >= 4 is 10.9 Å². The van der Waals surface area contributed by atoms with Crippen LogP contribution in [0.2, 0.25) is 0 Å². The minimum absolute atomic E-state index is 0.320. The zero-order valence-corrected chi connectivity index (χ0v) is 10.8. The molecule has 0 aliphatic carbocycles. The second-order valence-electron chi connectivity index (χ2n) is 4.77. The summed E-state index contributed by atoms with van der Waals surface area (Å²) in [5, 5.41) is 13.3. The molecule has 1 aromatic heterocycles. The van der Waals surface area contributed by atoms with E-state index >= 15 is 0 Å². The topological polar surface area (TPSA) is 37.8 Å². The van der Waals surface area contributed by atoms with Crippen LogP contribution in [-0.4, -0.2) is 10.2 Å². The molecular formula is C16H17N3. The van der Waals surface area contributed by atoms with Crippen LogP contribution in [-0.2, 0) is 6.42 Å². The van der Waals surface area contributed by atoms with Crippen LogP contribution in [0, 0.1) is 0 Å². The van der Waals surface area contributed by atoms with E-state index < -0.39 is 0 Å². The summed E-state index contributed by atoms with van der Waals surface area (Å²) in [6.07, 6.45) is 9.05. The average molecular weight is 251 g/mol. The van der Waals surface area contributed by atoms with E-state index in [4.69, 9.17) is 0 Å². The fraction of sp³-hybridized carbons (Fsp3) is 0.250. The highest BCUT2D eigenvalue weighted by Crippen LogP contribution is 2.30. The number of nitrogens with one attached hydrogen (secondary N) is 1. The van der Waals surface area contributed by atoms with Crippen molar-refractivity contribution in [3.8, 4) is 0 Å². The third-order valence-corrected chi connectivity index (χ3v) is 3.51. The number of nitrogens with zero attached hydrogens (tertiary/aromatic N) is 2. The van der Waals surface area contributed by atoms with Gasteiger partial charge in [0, 0.05) is 17.4 Å². The third-order valence-electron chi connectivity index (χ3n) is 3.51. The highest BCUT2D eigenvalue weighted by molar-refractivity contribution is 5.82. The van der Waals surface area contributed by atoms with E-state index in [0.717, 1.165) is 30.5 Å². The van der Waals surface area contributed by atoms with E-state index in [0.29, 0.717) is 6.04 Å². The molecule has 3 heteroatoms. The quantitative estimate of drug-likeness (QED) is 0.851. The monoisotopic (exact) mass is 251 g/mol. The van der Waals surface area contributed by atoms with Crippen molar-refractivity contribution < 1.29 is 0 Å². The Balaban J connectivity index is 2.18. The van der Waals surface area contributed by atoms with Crippen molar-refractivity contribution in [2.45, 2.75) is 25.3 Å². The molecule has 19 heavy (non-hydrogen) atoms. The maximum atomic E-state index is 4.39. The van der Waals surface area contributed by atoms with E-state index in [9.17, 15) is 0 Å². The largest absolute Gasteiger partial charge is 0.384 e. The Kier molecular flexibility index (Phi) is 3.27. The van der Waals surface area contributed by atoms with Gasteiger partial charge in [0.25, 0.3) is 0 Å². The predicted molar refractivity (Wildman–Crippen MR) is 77.7 cm³/mol. The van der Waals surface area contributed by atoms with Gasteiger partial charge in [-0.3, -0.25) is 0 Å². The lowest BCUT2D eigenvalue weighted by atomic mass is 9.94. The fourth-order valence-corrected chi connectivity index (χ4v) is 2.63. The van der Waals surface area contributed by atoms with Crippen molar-refractivity contribution in [2.24, 2.45) is 0 Å². The normalized spacial score (nSPS) is 18.2. The van der Waals surface area contributed by atoms with Gasteiger partial charge in [-0.05, 0) is 25.1 Å². The summed E-state index contributed by atoms with van der Waals surface area (Å²) in [6.45, 7) is 3.82. The van der Waals surface area contributed by atoms with Crippen molar-refractivity contribution in [3.63, 3.8) is 0 Å². The summed E-state index contributed by atoms with van der Waals surface area (Å²) in [7, 11) is 0. The summed E-state index contributed by atoms with van der Waals surface area (Å²) in [6, 6.07) is 8.53. The number of rotatable bonds is 3. The Morgan fingerprint density at radius 2 is 2.21 bits per heavy atom. The Morgan fingerprint density at radius 1 is 1.32 bits per heavy atom. The molecule has 1 atom stereocenters. The lowest BCUT2D eigenvalue weighted by molar-refractivity contribution is 0.549. The third kappa shape index (κ3) is 2.24. The molecule has 3 nitrogen and oxygen atoms in total. The van der Waals surface area contributed by atoms with Gasteiger partial charge in [0.1, 0.15) is 0 Å². The average Bonchev–Trinajstić information content (AvgIpc) is 2.48. The molecule has 0 amide bonds. The fourth-order valence-electron chi connectivity index (χ4n) is 2.63. The SMILES string of the molecule is C=CCc1nnc2ccccc2c1C1CCC=CN1. The van der Waals surface area contributed by atoms with Crippen LogP contribution in [0.25, 0.3) is 10.9 Å². The molecule has 2 aromatic rings. The first-order valence-corrected chi connectivity index (χ1v) is 6.66. The maximum absolute atomic E-state index is 4.39. The van der Waals surface area contributed by atoms with Crippen LogP contribution in [0.15, 0.2) is 49.2 Å². The number of allylic oxidation sites excluding steroid dienone is 2. The molecule has 96 valence electrons. The van der Waals surface area contributed by atoms with E-state index in [1.807, 2.05) is 24.4 Å². The van der Waals surface area contributed by atoms with Gasteiger partial charge in [0.05, 0.1) is 17.3 Å². The van der Waals surface area contributed by atoms with Gasteiger partial charge < -0.3 is 5.32 Å². The van der Waals surface area contributed by atoms with Crippen LogP contribution in [0.3, 0.4) is 0 Å². The van der Waals surface area contributed by atoms with Gasteiger partial charge in [-0.1, -0.05) is 30.4 Å². The second-order valence-corrected chi connectivity index (χ2v) is 4.77. The number of hydrogen-bond donors (Lipinski definition) is 1. The van der Waals surface area contributed by atoms with Gasteiger partial charge in [-0.15, -0.1) is 6.58 Å². The van der Waals surface area contributed by atoms with Crippen molar-refractivity contribution in [3.05, 3.63) is 60.5 Å². The Bertz CT molecular complexity index is 631. The lowest BCUT2D eigenvalue weighted by Crippen LogP contribution is -2.21. The highest BCUT2D eigenvalue weighted by atomic mass is 15.1. The predicted octanol–water partition coefficient (Wildman–Crippen LogP) is 3.30. The van der Waals surface area contributed by atoms with Crippen LogP contribution < -0.4 is 5.32 Å². The van der Waals surface area contributed by atoms with Crippen LogP contribution in [0.4, 0.5) is 0 Å². The number of hydrogen-bond acceptors (Lipinski definition) is 3. The molecule has 1 unspecified atom stereocenters. The molecule has 0 saturated heterocycles. The van der Waals surface area contributed by atoms with E-state index in [-0.39, 0.29) is 0 Å². The van der Waals surface area contributed by atoms with Crippen LogP contribution in [0.5, 0.6) is 0 Å². The molecule has 1 aliphatic heterocycles. The zero-order chi connectivity index (χ0) is 13.1. The summed E-state index contributed by atoms with van der Waals surface area (Å²) in [4.78, 5) is 0. The Hall–Kier alpha value is -2.16. The molecule has 0 radical (unpaired) electrons. The molecule has 3 rings (SSSR count). The molecule has 1 aliphatic rings. The van der Waals surface area contributed by atoms with Crippen molar-refractivity contribution in [1.82, 2.24) is 15.5 Å². The van der Waals surface area contributed by atoms with Gasteiger partial charge in [-0.2, -0.15) is 10.2 Å². The summed E-state index contributed by atoms with van der Waals surface area (Å²) in [5.74, 6) is 0. The minimum atomic E-state index is 0.320. The van der Waals surface area contributed by atoms with Gasteiger partial charge in [0.15, 0.2) is 0 Å². The second kappa shape index (κ2) is 5.22.